The molecule has 9 nitrogen and oxygen atoms in total. The Bertz CT molecular complexity index is 1270. The molecule has 1 atom stereocenters. The smallest absolute Gasteiger partial charge is 0.242 e. The third-order valence-corrected chi connectivity index (χ3v) is 6.90. The summed E-state index contributed by atoms with van der Waals surface area (Å²) in [6.45, 7) is 1.00. The first kappa shape index (κ1) is 25.4. The molecule has 0 aromatic carbocycles. The van der Waals surface area contributed by atoms with Crippen molar-refractivity contribution in [3.05, 3.63) is 90.8 Å². The SMILES string of the molecule is O=C(NCc1ccncc1)[C@@H](CC1CCCCC1)Nc1cc(-n2cccc2)nc(NCc2cccnc2)n1. The van der Waals surface area contributed by atoms with Gasteiger partial charge in [-0.15, -0.1) is 0 Å². The summed E-state index contributed by atoms with van der Waals surface area (Å²) in [6.07, 6.45) is 17.7. The number of hydrogen-bond donors (Lipinski definition) is 3. The van der Waals surface area contributed by atoms with E-state index in [2.05, 4.69) is 25.9 Å². The molecule has 3 N–H and O–H groups in total. The molecule has 5 rings (SSSR count). The number of nitrogens with one attached hydrogen (secondary N) is 3. The first-order chi connectivity index (χ1) is 18.7. The number of carbonyl (C=O) groups is 1. The Morgan fingerprint density at radius 1 is 0.921 bits per heavy atom. The molecule has 4 heterocycles. The van der Waals surface area contributed by atoms with Crippen LogP contribution in [0.25, 0.3) is 5.82 Å². The van der Waals surface area contributed by atoms with Crippen LogP contribution in [0.1, 0.15) is 49.7 Å². The van der Waals surface area contributed by atoms with E-state index in [0.717, 1.165) is 36.2 Å². The summed E-state index contributed by atoms with van der Waals surface area (Å²) in [4.78, 5) is 31.1. The number of carbonyl (C=O) groups excluding carboxylic acids is 1. The number of hydrogen-bond acceptors (Lipinski definition) is 7. The van der Waals surface area contributed by atoms with E-state index in [1.807, 2.05) is 65.6 Å². The van der Waals surface area contributed by atoms with Crippen LogP contribution < -0.4 is 16.0 Å². The average Bonchev–Trinajstić information content (AvgIpc) is 3.52. The van der Waals surface area contributed by atoms with E-state index in [-0.39, 0.29) is 5.91 Å². The maximum Gasteiger partial charge on any atom is 0.242 e. The van der Waals surface area contributed by atoms with E-state index in [1.165, 1.54) is 19.3 Å². The van der Waals surface area contributed by atoms with Crippen LogP contribution in [0.4, 0.5) is 11.8 Å². The Morgan fingerprint density at radius 3 is 2.50 bits per heavy atom. The fourth-order valence-corrected chi connectivity index (χ4v) is 4.87. The zero-order valence-electron chi connectivity index (χ0n) is 21.5. The van der Waals surface area contributed by atoms with Crippen molar-refractivity contribution in [1.29, 1.82) is 0 Å². The molecule has 0 unspecified atom stereocenters. The van der Waals surface area contributed by atoms with E-state index < -0.39 is 6.04 Å². The van der Waals surface area contributed by atoms with Crippen molar-refractivity contribution in [3.63, 3.8) is 0 Å². The molecule has 1 aliphatic carbocycles. The number of nitrogens with zero attached hydrogens (tertiary/aromatic N) is 5. The number of pyridine rings is 2. The minimum atomic E-state index is -0.404. The fraction of sp³-hybridized carbons (Fsp3) is 0.345. The summed E-state index contributed by atoms with van der Waals surface area (Å²) in [5.41, 5.74) is 2.05. The van der Waals surface area contributed by atoms with Gasteiger partial charge in [0.25, 0.3) is 0 Å². The third kappa shape index (κ3) is 7.15. The Morgan fingerprint density at radius 2 is 1.74 bits per heavy atom. The van der Waals surface area contributed by atoms with Crippen LogP contribution in [0.2, 0.25) is 0 Å². The van der Waals surface area contributed by atoms with Crippen molar-refractivity contribution in [1.82, 2.24) is 29.8 Å². The lowest BCUT2D eigenvalue weighted by Crippen LogP contribution is -2.41. The van der Waals surface area contributed by atoms with E-state index in [1.54, 1.807) is 18.6 Å². The lowest BCUT2D eigenvalue weighted by Gasteiger charge is -2.27. The lowest BCUT2D eigenvalue weighted by atomic mass is 9.84. The average molecular weight is 511 g/mol. The molecule has 4 aromatic heterocycles. The van der Waals surface area contributed by atoms with Crippen LogP contribution in [-0.2, 0) is 17.9 Å². The van der Waals surface area contributed by atoms with E-state index in [9.17, 15) is 4.79 Å². The van der Waals surface area contributed by atoms with Gasteiger partial charge in [-0.1, -0.05) is 38.2 Å². The van der Waals surface area contributed by atoms with Crippen molar-refractivity contribution in [2.75, 3.05) is 10.6 Å². The molecule has 0 spiro atoms. The zero-order valence-corrected chi connectivity index (χ0v) is 21.5. The topological polar surface area (TPSA) is 110 Å². The maximum absolute atomic E-state index is 13.4. The van der Waals surface area contributed by atoms with Gasteiger partial charge < -0.3 is 20.5 Å². The number of anilines is 2. The summed E-state index contributed by atoms with van der Waals surface area (Å²) in [7, 11) is 0. The Labute approximate surface area is 223 Å². The monoisotopic (exact) mass is 510 g/mol. The zero-order chi connectivity index (χ0) is 26.0. The molecule has 1 amide bonds. The van der Waals surface area contributed by atoms with Crippen molar-refractivity contribution < 1.29 is 4.79 Å². The standard InChI is InChI=1S/C29H34N8O/c38-28(32-20-23-10-13-30-14-11-23)25(17-22-7-2-1-3-8-22)34-26-18-27(37-15-4-5-16-37)36-29(35-26)33-21-24-9-6-12-31-19-24/h4-6,9-16,18-19,22,25H,1-3,7-8,17,20-21H2,(H,32,38)(H2,33,34,35,36)/t25-/m1/s1. The molecular weight excluding hydrogens is 476 g/mol. The van der Waals surface area contributed by atoms with Crippen LogP contribution in [-0.4, -0.2) is 36.5 Å². The maximum atomic E-state index is 13.4. The van der Waals surface area contributed by atoms with Gasteiger partial charge in [-0.05, 0) is 53.8 Å². The van der Waals surface area contributed by atoms with Crippen LogP contribution in [0.5, 0.6) is 0 Å². The minimum Gasteiger partial charge on any atom is -0.358 e. The van der Waals surface area contributed by atoms with Crippen LogP contribution in [0.3, 0.4) is 0 Å². The third-order valence-electron chi connectivity index (χ3n) is 6.90. The highest BCUT2D eigenvalue weighted by Gasteiger charge is 2.25. The predicted molar refractivity (Wildman–Crippen MR) is 148 cm³/mol. The van der Waals surface area contributed by atoms with Crippen molar-refractivity contribution in [2.24, 2.45) is 5.92 Å². The van der Waals surface area contributed by atoms with E-state index in [0.29, 0.717) is 30.8 Å². The summed E-state index contributed by atoms with van der Waals surface area (Å²) >= 11 is 0. The summed E-state index contributed by atoms with van der Waals surface area (Å²) < 4.78 is 1.93. The highest BCUT2D eigenvalue weighted by molar-refractivity contribution is 5.84. The van der Waals surface area contributed by atoms with Gasteiger partial charge in [-0.2, -0.15) is 9.97 Å². The van der Waals surface area contributed by atoms with Gasteiger partial charge in [0, 0.05) is 56.3 Å². The van der Waals surface area contributed by atoms with Gasteiger partial charge in [-0.25, -0.2) is 0 Å². The second-order valence-corrected chi connectivity index (χ2v) is 9.75. The number of rotatable bonds is 11. The fourth-order valence-electron chi connectivity index (χ4n) is 4.87. The molecule has 1 saturated carbocycles. The largest absolute Gasteiger partial charge is 0.358 e. The Kier molecular flexibility index (Phi) is 8.55. The highest BCUT2D eigenvalue weighted by Crippen LogP contribution is 2.28. The van der Waals surface area contributed by atoms with Gasteiger partial charge in [-0.3, -0.25) is 14.8 Å². The van der Waals surface area contributed by atoms with E-state index >= 15 is 0 Å². The highest BCUT2D eigenvalue weighted by atomic mass is 16.2. The Balaban J connectivity index is 1.36. The molecular formula is C29H34N8O. The van der Waals surface area contributed by atoms with Gasteiger partial charge in [0.1, 0.15) is 17.7 Å². The molecule has 1 fully saturated rings. The normalized spacial score (nSPS) is 14.5. The van der Waals surface area contributed by atoms with Gasteiger partial charge in [0.15, 0.2) is 0 Å². The molecule has 196 valence electrons. The molecule has 4 aromatic rings. The minimum absolute atomic E-state index is 0.0293. The van der Waals surface area contributed by atoms with Crippen molar-refractivity contribution in [3.8, 4) is 5.82 Å². The molecule has 0 bridgehead atoms. The second kappa shape index (κ2) is 12.8. The predicted octanol–water partition coefficient (Wildman–Crippen LogP) is 4.74. The van der Waals surface area contributed by atoms with Gasteiger partial charge in [0.05, 0.1) is 0 Å². The number of amides is 1. The Hall–Kier alpha value is -4.27. The van der Waals surface area contributed by atoms with Crippen molar-refractivity contribution in [2.45, 2.75) is 57.7 Å². The van der Waals surface area contributed by atoms with Crippen LogP contribution >= 0.6 is 0 Å². The quantitative estimate of drug-likeness (QED) is 0.267. The van der Waals surface area contributed by atoms with Gasteiger partial charge in [0.2, 0.25) is 11.9 Å². The van der Waals surface area contributed by atoms with Crippen molar-refractivity contribution >= 4 is 17.7 Å². The molecule has 38 heavy (non-hydrogen) atoms. The summed E-state index contributed by atoms with van der Waals surface area (Å²) in [6, 6.07) is 13.1. The molecule has 1 aliphatic rings. The lowest BCUT2D eigenvalue weighted by molar-refractivity contribution is -0.122. The van der Waals surface area contributed by atoms with Crippen LogP contribution in [0.15, 0.2) is 79.6 Å². The molecule has 0 saturated heterocycles. The summed E-state index contributed by atoms with van der Waals surface area (Å²) in [5.74, 6) is 2.29. The summed E-state index contributed by atoms with van der Waals surface area (Å²) in [5, 5.41) is 9.89. The second-order valence-electron chi connectivity index (χ2n) is 9.75. The van der Waals surface area contributed by atoms with Gasteiger partial charge >= 0.3 is 0 Å². The molecule has 9 heteroatoms. The molecule has 0 radical (unpaired) electrons. The van der Waals surface area contributed by atoms with E-state index in [4.69, 9.17) is 9.97 Å². The molecule has 0 aliphatic heterocycles. The number of aromatic nitrogens is 5. The first-order valence-corrected chi connectivity index (χ1v) is 13.3. The first-order valence-electron chi connectivity index (χ1n) is 13.3. The van der Waals surface area contributed by atoms with Crippen LogP contribution in [0, 0.1) is 5.92 Å².